The average Bonchev–Trinajstić information content (AvgIpc) is 2.60. The number of hydrogen-bond acceptors (Lipinski definition) is 6. The third-order valence-electron chi connectivity index (χ3n) is 3.22. The summed E-state index contributed by atoms with van der Waals surface area (Å²) in [7, 11) is 0.256. The van der Waals surface area contributed by atoms with Gasteiger partial charge in [-0.15, -0.1) is 0 Å². The summed E-state index contributed by atoms with van der Waals surface area (Å²) >= 11 is 0. The Balaban J connectivity index is 2.30. The minimum Gasteiger partial charge on any atom is -0.497 e. The molecule has 24 heavy (non-hydrogen) atoms. The zero-order valence-electron chi connectivity index (χ0n) is 13.4. The first-order valence-electron chi connectivity index (χ1n) is 6.84. The second kappa shape index (κ2) is 7.22. The molecule has 0 aliphatic rings. The van der Waals surface area contributed by atoms with Crippen LogP contribution in [0.5, 0.6) is 11.5 Å². The number of methoxy groups -OCH3 is 3. The SMILES string of the molecule is COC(=O)c1ccc(NS(=O)(=O)c2ccc(OC)cc2OC)cc1. The third kappa shape index (κ3) is 3.77. The zero-order valence-corrected chi connectivity index (χ0v) is 14.2. The summed E-state index contributed by atoms with van der Waals surface area (Å²) in [6, 6.07) is 10.3. The van der Waals surface area contributed by atoms with Gasteiger partial charge in [0, 0.05) is 11.8 Å². The molecule has 0 amide bonds. The molecule has 2 aromatic carbocycles. The highest BCUT2D eigenvalue weighted by Gasteiger charge is 2.20. The van der Waals surface area contributed by atoms with Crippen molar-refractivity contribution in [3.8, 4) is 11.5 Å². The van der Waals surface area contributed by atoms with Gasteiger partial charge in [-0.2, -0.15) is 0 Å². The van der Waals surface area contributed by atoms with Gasteiger partial charge in [-0.1, -0.05) is 0 Å². The van der Waals surface area contributed by atoms with Crippen LogP contribution in [0.2, 0.25) is 0 Å². The third-order valence-corrected chi connectivity index (χ3v) is 4.64. The lowest BCUT2D eigenvalue weighted by Crippen LogP contribution is -2.14. The molecule has 0 saturated heterocycles. The van der Waals surface area contributed by atoms with E-state index in [-0.39, 0.29) is 10.6 Å². The predicted octanol–water partition coefficient (Wildman–Crippen LogP) is 2.29. The number of esters is 1. The summed E-state index contributed by atoms with van der Waals surface area (Å²) in [6.45, 7) is 0. The Morgan fingerprint density at radius 3 is 2.17 bits per heavy atom. The molecule has 1 N–H and O–H groups in total. The number of sulfonamides is 1. The standard InChI is InChI=1S/C16H17NO6S/c1-21-13-8-9-15(14(10-13)22-2)24(19,20)17-12-6-4-11(5-7-12)16(18)23-3/h4-10,17H,1-3H3. The first-order chi connectivity index (χ1) is 11.4. The number of rotatable bonds is 6. The van der Waals surface area contributed by atoms with E-state index < -0.39 is 16.0 Å². The second-order valence-corrected chi connectivity index (χ2v) is 6.34. The van der Waals surface area contributed by atoms with Gasteiger partial charge in [0.2, 0.25) is 0 Å². The first kappa shape index (κ1) is 17.6. The summed E-state index contributed by atoms with van der Waals surface area (Å²) in [4.78, 5) is 11.4. The molecule has 0 atom stereocenters. The van der Waals surface area contributed by atoms with Gasteiger partial charge in [-0.3, -0.25) is 4.72 Å². The molecule has 0 unspecified atom stereocenters. The summed E-state index contributed by atoms with van der Waals surface area (Å²) in [5, 5.41) is 0. The van der Waals surface area contributed by atoms with Crippen LogP contribution in [0.1, 0.15) is 10.4 Å². The Kier molecular flexibility index (Phi) is 5.30. The van der Waals surface area contributed by atoms with Crippen molar-refractivity contribution < 1.29 is 27.4 Å². The monoisotopic (exact) mass is 351 g/mol. The van der Waals surface area contributed by atoms with E-state index in [9.17, 15) is 13.2 Å². The molecule has 0 heterocycles. The Labute approximate surface area is 140 Å². The van der Waals surface area contributed by atoms with Gasteiger partial charge in [0.15, 0.2) is 0 Å². The van der Waals surface area contributed by atoms with Crippen LogP contribution < -0.4 is 14.2 Å². The van der Waals surface area contributed by atoms with Gasteiger partial charge >= 0.3 is 5.97 Å². The molecule has 0 aliphatic heterocycles. The maximum absolute atomic E-state index is 12.5. The molecule has 8 heteroatoms. The van der Waals surface area contributed by atoms with E-state index in [0.717, 1.165) is 0 Å². The fraction of sp³-hybridized carbons (Fsp3) is 0.188. The average molecular weight is 351 g/mol. The zero-order chi connectivity index (χ0) is 17.7. The number of carbonyl (C=O) groups is 1. The van der Waals surface area contributed by atoms with Crippen molar-refractivity contribution in [2.24, 2.45) is 0 Å². The van der Waals surface area contributed by atoms with Crippen LogP contribution in [0.4, 0.5) is 5.69 Å². The molecule has 0 spiro atoms. The molecule has 0 radical (unpaired) electrons. The van der Waals surface area contributed by atoms with Crippen molar-refractivity contribution in [2.75, 3.05) is 26.1 Å². The number of ether oxygens (including phenoxy) is 3. The highest BCUT2D eigenvalue weighted by Crippen LogP contribution is 2.29. The molecule has 2 aromatic rings. The molecular formula is C16H17NO6S. The highest BCUT2D eigenvalue weighted by atomic mass is 32.2. The summed E-state index contributed by atoms with van der Waals surface area (Å²) in [6.07, 6.45) is 0. The number of carbonyl (C=O) groups excluding carboxylic acids is 1. The molecule has 0 bridgehead atoms. The molecule has 0 saturated carbocycles. The smallest absolute Gasteiger partial charge is 0.337 e. The van der Waals surface area contributed by atoms with Gasteiger partial charge in [0.1, 0.15) is 16.4 Å². The maximum atomic E-state index is 12.5. The van der Waals surface area contributed by atoms with Gasteiger partial charge in [0.25, 0.3) is 10.0 Å². The molecule has 0 fully saturated rings. The van der Waals surface area contributed by atoms with Crippen LogP contribution in [-0.2, 0) is 14.8 Å². The summed E-state index contributed by atoms with van der Waals surface area (Å²) < 4.78 is 42.3. The van der Waals surface area contributed by atoms with E-state index in [0.29, 0.717) is 17.0 Å². The predicted molar refractivity (Wildman–Crippen MR) is 88.1 cm³/mol. The number of anilines is 1. The van der Waals surface area contributed by atoms with Gasteiger partial charge < -0.3 is 14.2 Å². The lowest BCUT2D eigenvalue weighted by Gasteiger charge is -2.13. The second-order valence-electron chi connectivity index (χ2n) is 4.69. The van der Waals surface area contributed by atoms with E-state index in [2.05, 4.69) is 9.46 Å². The molecule has 128 valence electrons. The Morgan fingerprint density at radius 2 is 1.62 bits per heavy atom. The van der Waals surface area contributed by atoms with Gasteiger partial charge in [0.05, 0.1) is 26.9 Å². The quantitative estimate of drug-likeness (QED) is 0.803. The van der Waals surface area contributed by atoms with Crippen molar-refractivity contribution in [1.82, 2.24) is 0 Å². The van der Waals surface area contributed by atoms with Crippen LogP contribution >= 0.6 is 0 Å². The van der Waals surface area contributed by atoms with Crippen molar-refractivity contribution in [3.63, 3.8) is 0 Å². The molecule has 7 nitrogen and oxygen atoms in total. The van der Waals surface area contributed by atoms with E-state index in [1.807, 2.05) is 0 Å². The Morgan fingerprint density at radius 1 is 0.958 bits per heavy atom. The van der Waals surface area contributed by atoms with E-state index in [4.69, 9.17) is 9.47 Å². The van der Waals surface area contributed by atoms with E-state index >= 15 is 0 Å². The molecular weight excluding hydrogens is 334 g/mol. The summed E-state index contributed by atoms with van der Waals surface area (Å²) in [5.41, 5.74) is 0.628. The first-order valence-corrected chi connectivity index (χ1v) is 8.33. The normalized spacial score (nSPS) is 10.8. The Bertz CT molecular complexity index is 830. The Hall–Kier alpha value is -2.74. The van der Waals surface area contributed by atoms with Crippen molar-refractivity contribution in [1.29, 1.82) is 0 Å². The minimum atomic E-state index is -3.87. The number of nitrogens with one attached hydrogen (secondary N) is 1. The lowest BCUT2D eigenvalue weighted by atomic mass is 10.2. The van der Waals surface area contributed by atoms with Gasteiger partial charge in [-0.25, -0.2) is 13.2 Å². The number of hydrogen-bond donors (Lipinski definition) is 1. The van der Waals surface area contributed by atoms with E-state index in [1.54, 1.807) is 0 Å². The topological polar surface area (TPSA) is 90.9 Å². The van der Waals surface area contributed by atoms with Crippen LogP contribution in [0.3, 0.4) is 0 Å². The fourth-order valence-electron chi connectivity index (χ4n) is 2.00. The van der Waals surface area contributed by atoms with Crippen LogP contribution in [0, 0.1) is 0 Å². The van der Waals surface area contributed by atoms with Crippen LogP contribution in [0.15, 0.2) is 47.4 Å². The maximum Gasteiger partial charge on any atom is 0.337 e. The molecule has 0 aliphatic carbocycles. The lowest BCUT2D eigenvalue weighted by molar-refractivity contribution is 0.0601. The fourth-order valence-corrected chi connectivity index (χ4v) is 3.21. The van der Waals surface area contributed by atoms with Gasteiger partial charge in [-0.05, 0) is 36.4 Å². The van der Waals surface area contributed by atoms with Crippen molar-refractivity contribution in [2.45, 2.75) is 4.90 Å². The molecule has 0 aromatic heterocycles. The number of benzene rings is 2. The molecule has 2 rings (SSSR count). The van der Waals surface area contributed by atoms with Crippen molar-refractivity contribution >= 4 is 21.7 Å². The van der Waals surface area contributed by atoms with Crippen LogP contribution in [0.25, 0.3) is 0 Å². The van der Waals surface area contributed by atoms with E-state index in [1.165, 1.54) is 63.8 Å². The summed E-state index contributed by atoms with van der Waals surface area (Å²) in [5.74, 6) is 0.141. The largest absolute Gasteiger partial charge is 0.497 e. The highest BCUT2D eigenvalue weighted by molar-refractivity contribution is 7.92. The van der Waals surface area contributed by atoms with Crippen LogP contribution in [-0.4, -0.2) is 35.7 Å². The van der Waals surface area contributed by atoms with Crippen molar-refractivity contribution in [3.05, 3.63) is 48.0 Å². The minimum absolute atomic E-state index is 0.0251.